The van der Waals surface area contributed by atoms with Gasteiger partial charge in [-0.2, -0.15) is 0 Å². The van der Waals surface area contributed by atoms with Gasteiger partial charge in [0.15, 0.2) is 0 Å². The van der Waals surface area contributed by atoms with E-state index in [1.807, 2.05) is 0 Å². The van der Waals surface area contributed by atoms with E-state index >= 15 is 0 Å². The lowest BCUT2D eigenvalue weighted by atomic mass is 9.96. The van der Waals surface area contributed by atoms with Crippen LogP contribution in [0.25, 0.3) is 105 Å². The van der Waals surface area contributed by atoms with E-state index < -0.39 is 0 Å². The van der Waals surface area contributed by atoms with Gasteiger partial charge in [0.05, 0.1) is 22.4 Å². The van der Waals surface area contributed by atoms with Gasteiger partial charge in [-0.15, -0.1) is 0 Å². The highest BCUT2D eigenvalue weighted by atomic mass is 15.0. The Kier molecular flexibility index (Phi) is 7.86. The molecule has 2 aromatic heterocycles. The lowest BCUT2D eigenvalue weighted by Crippen LogP contribution is -1.93. The van der Waals surface area contributed by atoms with E-state index in [4.69, 9.17) is 4.98 Å². The zero-order valence-corrected chi connectivity index (χ0v) is 31.2. The Morgan fingerprint density at radius 3 is 1.04 bits per heavy atom. The number of aromatic nitrogens is 2. The maximum Gasteiger partial charge on any atom is 0.0715 e. The van der Waals surface area contributed by atoms with Crippen molar-refractivity contribution in [1.82, 2.24) is 9.55 Å². The molecule has 9 aromatic carbocycles. The molecule has 0 aliphatic rings. The van der Waals surface area contributed by atoms with Gasteiger partial charge in [0, 0.05) is 27.6 Å². The summed E-state index contributed by atoms with van der Waals surface area (Å²) >= 11 is 0. The molecule has 0 atom stereocenters. The van der Waals surface area contributed by atoms with Crippen LogP contribution in [0.2, 0.25) is 0 Å². The molecule has 0 N–H and O–H groups in total. The molecule has 0 fully saturated rings. The minimum absolute atomic E-state index is 0.945. The molecule has 0 aliphatic carbocycles. The third kappa shape index (κ3) is 5.87. The van der Waals surface area contributed by atoms with Gasteiger partial charge in [0.2, 0.25) is 0 Å². The van der Waals surface area contributed by atoms with Gasteiger partial charge >= 0.3 is 0 Å². The lowest BCUT2D eigenvalue weighted by Gasteiger charge is -2.12. The summed E-state index contributed by atoms with van der Waals surface area (Å²) in [6, 6.07) is 78.6. The number of hydrogen-bond donors (Lipinski definition) is 0. The van der Waals surface area contributed by atoms with Crippen molar-refractivity contribution in [3.05, 3.63) is 218 Å². The molecule has 0 bridgehead atoms. The van der Waals surface area contributed by atoms with Crippen LogP contribution >= 0.6 is 0 Å². The number of benzene rings is 9. The molecule has 2 heterocycles. The van der Waals surface area contributed by atoms with Crippen LogP contribution in [0.1, 0.15) is 0 Å². The van der Waals surface area contributed by atoms with E-state index in [9.17, 15) is 0 Å². The Morgan fingerprint density at radius 2 is 0.614 bits per heavy atom. The van der Waals surface area contributed by atoms with Crippen LogP contribution in [-0.4, -0.2) is 9.55 Å². The minimum Gasteiger partial charge on any atom is -0.309 e. The highest BCUT2D eigenvalue weighted by Crippen LogP contribution is 2.39. The van der Waals surface area contributed by atoms with Gasteiger partial charge in [0.1, 0.15) is 0 Å². The lowest BCUT2D eigenvalue weighted by molar-refractivity contribution is 1.18. The Morgan fingerprint density at radius 1 is 0.263 bits per heavy atom. The van der Waals surface area contributed by atoms with Crippen molar-refractivity contribution in [3.63, 3.8) is 0 Å². The molecule has 57 heavy (non-hydrogen) atoms. The molecule has 0 spiro atoms. The molecule has 0 saturated heterocycles. The third-order valence-electron chi connectivity index (χ3n) is 11.4. The molecule has 266 valence electrons. The van der Waals surface area contributed by atoms with Crippen LogP contribution in [0.5, 0.6) is 0 Å². The van der Waals surface area contributed by atoms with Gasteiger partial charge in [-0.3, -0.25) is 0 Å². The smallest absolute Gasteiger partial charge is 0.0715 e. The topological polar surface area (TPSA) is 17.8 Å². The van der Waals surface area contributed by atoms with Crippen LogP contribution in [0.4, 0.5) is 0 Å². The van der Waals surface area contributed by atoms with Crippen molar-refractivity contribution in [3.8, 4) is 72.7 Å². The number of rotatable bonds is 7. The zero-order chi connectivity index (χ0) is 37.7. The van der Waals surface area contributed by atoms with Gasteiger partial charge in [-0.05, 0) is 91.7 Å². The molecule has 0 unspecified atom stereocenters. The van der Waals surface area contributed by atoms with Crippen LogP contribution in [0.15, 0.2) is 218 Å². The van der Waals surface area contributed by atoms with Crippen molar-refractivity contribution in [2.45, 2.75) is 0 Å². The maximum absolute atomic E-state index is 5.27. The summed E-state index contributed by atoms with van der Waals surface area (Å²) in [5.74, 6) is 0. The summed E-state index contributed by atoms with van der Waals surface area (Å²) in [4.78, 5) is 5.27. The summed E-state index contributed by atoms with van der Waals surface area (Å²) < 4.78 is 2.40. The van der Waals surface area contributed by atoms with E-state index in [2.05, 4.69) is 223 Å². The van der Waals surface area contributed by atoms with E-state index in [0.717, 1.165) is 39.3 Å². The molecular weight excluding hydrogens is 689 g/mol. The summed E-state index contributed by atoms with van der Waals surface area (Å²) in [5.41, 5.74) is 17.2. The molecule has 0 amide bonds. The van der Waals surface area contributed by atoms with Crippen LogP contribution < -0.4 is 0 Å². The highest BCUT2D eigenvalue weighted by Gasteiger charge is 2.16. The molecule has 0 aliphatic heterocycles. The van der Waals surface area contributed by atoms with Crippen LogP contribution in [-0.2, 0) is 0 Å². The van der Waals surface area contributed by atoms with Crippen molar-refractivity contribution in [2.75, 3.05) is 0 Å². The second-order valence-electron chi connectivity index (χ2n) is 14.8. The third-order valence-corrected chi connectivity index (χ3v) is 11.4. The first-order valence-electron chi connectivity index (χ1n) is 19.5. The first-order valence-corrected chi connectivity index (χ1v) is 19.5. The fraction of sp³-hybridized carbons (Fsp3) is 0. The van der Waals surface area contributed by atoms with Gasteiger partial charge < -0.3 is 4.57 Å². The quantitative estimate of drug-likeness (QED) is 0.150. The van der Waals surface area contributed by atoms with Gasteiger partial charge in [0.25, 0.3) is 0 Å². The standard InChI is InChI=1S/C55H36N2/c1-3-9-37(10-4-1)39-17-19-43(20-18-39)48-35-50(44-25-21-40(22-26-44)38-11-5-2-6-12-38)56-51(36-48)45-27-23-41(24-28-45)42-31-33-49(34-32-42)57-52-15-7-13-46-29-30-47-14-8-16-53(57)55(47)54(46)52/h1-36H. The first-order chi connectivity index (χ1) is 28.2. The minimum atomic E-state index is 0.945. The Bertz CT molecular complexity index is 2990. The Balaban J connectivity index is 0.940. The summed E-state index contributed by atoms with van der Waals surface area (Å²) in [7, 11) is 0. The number of hydrogen-bond acceptors (Lipinski definition) is 1. The molecular formula is C55H36N2. The van der Waals surface area contributed by atoms with E-state index in [1.165, 1.54) is 66.0 Å². The second kappa shape index (κ2) is 13.6. The van der Waals surface area contributed by atoms with Crippen molar-refractivity contribution < 1.29 is 0 Å². The fourth-order valence-electron chi connectivity index (χ4n) is 8.48. The van der Waals surface area contributed by atoms with Crippen molar-refractivity contribution in [2.24, 2.45) is 0 Å². The highest BCUT2D eigenvalue weighted by molar-refractivity contribution is 6.24. The molecule has 0 saturated carbocycles. The summed E-state index contributed by atoms with van der Waals surface area (Å²) in [6.07, 6.45) is 0. The molecule has 2 heteroatoms. The average molecular weight is 725 g/mol. The predicted octanol–water partition coefficient (Wildman–Crippen LogP) is 14.8. The van der Waals surface area contributed by atoms with Gasteiger partial charge in [-0.25, -0.2) is 4.98 Å². The number of nitrogens with zero attached hydrogens (tertiary/aromatic N) is 2. The molecule has 11 aromatic rings. The molecule has 11 rings (SSSR count). The monoisotopic (exact) mass is 724 g/mol. The number of pyridine rings is 1. The molecule has 0 radical (unpaired) electrons. The van der Waals surface area contributed by atoms with E-state index in [-0.39, 0.29) is 0 Å². The Hall–Kier alpha value is -7.55. The second-order valence-corrected chi connectivity index (χ2v) is 14.8. The predicted molar refractivity (Wildman–Crippen MR) is 240 cm³/mol. The molecule has 2 nitrogen and oxygen atoms in total. The maximum atomic E-state index is 5.27. The zero-order valence-electron chi connectivity index (χ0n) is 31.2. The van der Waals surface area contributed by atoms with Crippen LogP contribution in [0, 0.1) is 0 Å². The summed E-state index contributed by atoms with van der Waals surface area (Å²) in [5, 5.41) is 5.22. The van der Waals surface area contributed by atoms with Crippen LogP contribution in [0.3, 0.4) is 0 Å². The summed E-state index contributed by atoms with van der Waals surface area (Å²) in [6.45, 7) is 0. The average Bonchev–Trinajstić information content (AvgIpc) is 3.65. The van der Waals surface area contributed by atoms with E-state index in [0.29, 0.717) is 0 Å². The van der Waals surface area contributed by atoms with Crippen molar-refractivity contribution >= 4 is 32.6 Å². The first kappa shape index (κ1) is 32.8. The SMILES string of the molecule is c1ccc(-c2ccc(-c3cc(-c4ccc(-c5ccccc5)cc4)nc(-c4ccc(-c5ccc(-n6c7cccc8ccc9cccc6c9c87)cc5)cc4)c3)cc2)cc1. The van der Waals surface area contributed by atoms with Gasteiger partial charge in [-0.1, -0.05) is 182 Å². The van der Waals surface area contributed by atoms with Crippen molar-refractivity contribution in [1.29, 1.82) is 0 Å². The fourth-order valence-corrected chi connectivity index (χ4v) is 8.48. The van der Waals surface area contributed by atoms with E-state index in [1.54, 1.807) is 0 Å². The Labute approximate surface area is 331 Å². The largest absolute Gasteiger partial charge is 0.309 e. The normalized spacial score (nSPS) is 11.5.